The van der Waals surface area contributed by atoms with E-state index in [2.05, 4.69) is 22.2 Å². The lowest BCUT2D eigenvalue weighted by Gasteiger charge is -2.24. The Hall–Kier alpha value is -2.38. The number of rotatable bonds is 6. The molecule has 2 N–H and O–H groups in total. The van der Waals surface area contributed by atoms with Crippen LogP contribution >= 0.6 is 0 Å². The molecule has 0 spiro atoms. The Morgan fingerprint density at radius 3 is 2.22 bits per heavy atom. The fourth-order valence-corrected chi connectivity index (χ4v) is 4.36. The second-order valence-electron chi connectivity index (χ2n) is 6.79. The third-order valence-corrected chi connectivity index (χ3v) is 6.33. The van der Waals surface area contributed by atoms with Crippen molar-refractivity contribution in [3.05, 3.63) is 59.7 Å². The highest BCUT2D eigenvalue weighted by atomic mass is 32.2. The number of amides is 2. The minimum absolute atomic E-state index is 0.125. The van der Waals surface area contributed by atoms with E-state index in [4.69, 9.17) is 0 Å². The Kier molecular flexibility index (Phi) is 5.82. The summed E-state index contributed by atoms with van der Waals surface area (Å²) in [6.07, 6.45) is 2.42. The summed E-state index contributed by atoms with van der Waals surface area (Å²) in [5.74, 6) is 0. The third kappa shape index (κ3) is 4.48. The van der Waals surface area contributed by atoms with Gasteiger partial charge in [-0.3, -0.25) is 0 Å². The molecule has 144 valence electrons. The topological polar surface area (TPSA) is 78.5 Å². The van der Waals surface area contributed by atoms with Crippen LogP contribution in [0.2, 0.25) is 0 Å². The number of benzene rings is 2. The van der Waals surface area contributed by atoms with Gasteiger partial charge in [0.15, 0.2) is 0 Å². The van der Waals surface area contributed by atoms with Gasteiger partial charge in [0.05, 0.1) is 4.90 Å². The normalized spacial score (nSPS) is 14.0. The number of nitrogens with zero attached hydrogens (tertiary/aromatic N) is 1. The summed E-state index contributed by atoms with van der Waals surface area (Å²) in [4.78, 5) is 14.5. The molecule has 3 rings (SSSR count). The van der Waals surface area contributed by atoms with E-state index in [9.17, 15) is 13.2 Å². The minimum atomic E-state index is -3.50. The van der Waals surface area contributed by atoms with Crippen molar-refractivity contribution in [3.63, 3.8) is 0 Å². The molecule has 6 nitrogen and oxygen atoms in total. The van der Waals surface area contributed by atoms with Crippen molar-refractivity contribution in [1.82, 2.24) is 9.62 Å². The Labute approximate surface area is 160 Å². The molecule has 0 saturated heterocycles. The summed E-state index contributed by atoms with van der Waals surface area (Å²) in [7, 11) is -1.71. The molecule has 0 aliphatic heterocycles. The van der Waals surface area contributed by atoms with Gasteiger partial charge >= 0.3 is 6.03 Å². The van der Waals surface area contributed by atoms with E-state index in [0.717, 1.165) is 19.3 Å². The molecule has 2 aromatic carbocycles. The number of likely N-dealkylation sites (N-methyl/N-ethyl adjacent to an activating group) is 1. The van der Waals surface area contributed by atoms with E-state index in [1.54, 1.807) is 24.1 Å². The Balaban J connectivity index is 1.61. The molecule has 7 heteroatoms. The SMILES string of the molecule is CCCNS(=O)(=O)c1ccc(NC(=O)N(C)C2Cc3ccccc3C2)cc1. The summed E-state index contributed by atoms with van der Waals surface area (Å²) in [5, 5.41) is 2.84. The lowest BCUT2D eigenvalue weighted by molar-refractivity contribution is 0.205. The second kappa shape index (κ2) is 8.10. The zero-order valence-corrected chi connectivity index (χ0v) is 16.4. The van der Waals surface area contributed by atoms with E-state index in [1.807, 2.05) is 19.1 Å². The van der Waals surface area contributed by atoms with Gasteiger partial charge in [-0.15, -0.1) is 0 Å². The number of nitrogens with one attached hydrogen (secondary N) is 2. The smallest absolute Gasteiger partial charge is 0.321 e. The van der Waals surface area contributed by atoms with Crippen LogP contribution in [0.1, 0.15) is 24.5 Å². The van der Waals surface area contributed by atoms with Crippen molar-refractivity contribution < 1.29 is 13.2 Å². The van der Waals surface area contributed by atoms with E-state index in [1.165, 1.54) is 23.3 Å². The lowest BCUT2D eigenvalue weighted by Crippen LogP contribution is -2.40. The Morgan fingerprint density at radius 1 is 1.07 bits per heavy atom. The summed E-state index contributed by atoms with van der Waals surface area (Å²) < 4.78 is 26.7. The Bertz CT molecular complexity index is 885. The van der Waals surface area contributed by atoms with Gasteiger partial charge in [-0.05, 0) is 54.7 Å². The van der Waals surface area contributed by atoms with E-state index in [0.29, 0.717) is 12.2 Å². The maximum absolute atomic E-state index is 12.6. The van der Waals surface area contributed by atoms with Gasteiger partial charge in [0.1, 0.15) is 0 Å². The van der Waals surface area contributed by atoms with Crippen LogP contribution in [-0.2, 0) is 22.9 Å². The monoisotopic (exact) mass is 387 g/mol. The summed E-state index contributed by atoms with van der Waals surface area (Å²) in [6, 6.07) is 14.4. The molecule has 0 unspecified atom stereocenters. The van der Waals surface area contributed by atoms with Crippen LogP contribution in [-0.4, -0.2) is 39.0 Å². The minimum Gasteiger partial charge on any atom is -0.324 e. The predicted octanol–water partition coefficient (Wildman–Crippen LogP) is 3.01. The van der Waals surface area contributed by atoms with Crippen LogP contribution in [0.4, 0.5) is 10.5 Å². The largest absolute Gasteiger partial charge is 0.324 e. The molecule has 1 aliphatic rings. The average molecular weight is 388 g/mol. The number of sulfonamides is 1. The van der Waals surface area contributed by atoms with Crippen LogP contribution in [0, 0.1) is 0 Å². The number of hydrogen-bond acceptors (Lipinski definition) is 3. The number of carbonyl (C=O) groups is 1. The van der Waals surface area contributed by atoms with Crippen LogP contribution < -0.4 is 10.0 Å². The standard InChI is InChI=1S/C20H25N3O3S/c1-3-12-21-27(25,26)19-10-8-17(9-11-19)22-20(24)23(2)18-13-15-6-4-5-7-16(15)14-18/h4-11,18,21H,3,12-14H2,1-2H3,(H,22,24). The van der Waals surface area contributed by atoms with Crippen molar-refractivity contribution in [3.8, 4) is 0 Å². The molecule has 0 heterocycles. The fraction of sp³-hybridized carbons (Fsp3) is 0.350. The van der Waals surface area contributed by atoms with Gasteiger partial charge in [-0.1, -0.05) is 31.2 Å². The van der Waals surface area contributed by atoms with E-state index >= 15 is 0 Å². The first-order valence-corrected chi connectivity index (χ1v) is 10.6. The molecule has 0 radical (unpaired) electrons. The molecule has 0 bridgehead atoms. The summed E-state index contributed by atoms with van der Waals surface area (Å²) >= 11 is 0. The molecule has 2 aromatic rings. The van der Waals surface area contributed by atoms with E-state index < -0.39 is 10.0 Å². The van der Waals surface area contributed by atoms with Crippen LogP contribution in [0.5, 0.6) is 0 Å². The van der Waals surface area contributed by atoms with Gasteiger partial charge in [0, 0.05) is 25.3 Å². The number of urea groups is 1. The van der Waals surface area contributed by atoms with Crippen molar-refractivity contribution >= 4 is 21.7 Å². The Morgan fingerprint density at radius 2 is 1.67 bits per heavy atom. The van der Waals surface area contributed by atoms with Crippen LogP contribution in [0.3, 0.4) is 0 Å². The lowest BCUT2D eigenvalue weighted by atomic mass is 10.1. The predicted molar refractivity (Wildman–Crippen MR) is 106 cm³/mol. The van der Waals surface area contributed by atoms with Gasteiger partial charge in [-0.25, -0.2) is 17.9 Å². The summed E-state index contributed by atoms with van der Waals surface area (Å²) in [5.41, 5.74) is 3.14. The van der Waals surface area contributed by atoms with Crippen LogP contribution in [0.25, 0.3) is 0 Å². The zero-order chi connectivity index (χ0) is 19.4. The number of carbonyl (C=O) groups excluding carboxylic acids is 1. The molecule has 2 amide bonds. The van der Waals surface area contributed by atoms with Gasteiger partial charge in [0.2, 0.25) is 10.0 Å². The average Bonchev–Trinajstić information content (AvgIpc) is 3.10. The molecular weight excluding hydrogens is 362 g/mol. The number of hydrogen-bond donors (Lipinski definition) is 2. The maximum Gasteiger partial charge on any atom is 0.321 e. The summed E-state index contributed by atoms with van der Waals surface area (Å²) in [6.45, 7) is 2.30. The second-order valence-corrected chi connectivity index (χ2v) is 8.56. The van der Waals surface area contributed by atoms with Crippen molar-refractivity contribution in [2.24, 2.45) is 0 Å². The van der Waals surface area contributed by atoms with Crippen molar-refractivity contribution in [2.75, 3.05) is 18.9 Å². The first kappa shape index (κ1) is 19.4. The molecule has 0 aromatic heterocycles. The molecule has 0 saturated carbocycles. The first-order valence-electron chi connectivity index (χ1n) is 9.11. The quantitative estimate of drug-likeness (QED) is 0.800. The molecule has 27 heavy (non-hydrogen) atoms. The third-order valence-electron chi connectivity index (χ3n) is 4.86. The van der Waals surface area contributed by atoms with Crippen molar-refractivity contribution in [2.45, 2.75) is 37.1 Å². The molecule has 1 aliphatic carbocycles. The molecule has 0 fully saturated rings. The molecule has 0 atom stereocenters. The number of anilines is 1. The zero-order valence-electron chi connectivity index (χ0n) is 15.6. The van der Waals surface area contributed by atoms with Crippen LogP contribution in [0.15, 0.2) is 53.4 Å². The highest BCUT2D eigenvalue weighted by Gasteiger charge is 2.27. The van der Waals surface area contributed by atoms with Gasteiger partial charge < -0.3 is 10.2 Å². The highest BCUT2D eigenvalue weighted by Crippen LogP contribution is 2.25. The first-order chi connectivity index (χ1) is 12.9. The van der Waals surface area contributed by atoms with E-state index in [-0.39, 0.29) is 17.0 Å². The van der Waals surface area contributed by atoms with Gasteiger partial charge in [0.25, 0.3) is 0 Å². The highest BCUT2D eigenvalue weighted by molar-refractivity contribution is 7.89. The fourth-order valence-electron chi connectivity index (χ4n) is 3.22. The van der Waals surface area contributed by atoms with Crippen molar-refractivity contribution in [1.29, 1.82) is 0 Å². The maximum atomic E-state index is 12.6. The number of fused-ring (bicyclic) bond motifs is 1. The van der Waals surface area contributed by atoms with Gasteiger partial charge in [-0.2, -0.15) is 0 Å². The molecular formula is C20H25N3O3S.